The van der Waals surface area contributed by atoms with E-state index in [0.717, 1.165) is 187 Å². The minimum atomic E-state index is -3.35. The van der Waals surface area contributed by atoms with Crippen molar-refractivity contribution in [3.63, 3.8) is 0 Å². The number of ether oxygens (including phenoxy) is 4. The van der Waals surface area contributed by atoms with Gasteiger partial charge in [0.1, 0.15) is 22.6 Å². The van der Waals surface area contributed by atoms with Crippen LogP contribution < -0.4 is 34.7 Å². The van der Waals surface area contributed by atoms with E-state index in [2.05, 4.69) is 91.3 Å². The van der Waals surface area contributed by atoms with E-state index in [1.807, 2.05) is 180 Å². The van der Waals surface area contributed by atoms with E-state index in [9.17, 15) is 35.9 Å². The third-order valence-electron chi connectivity index (χ3n) is 23.4. The number of halogens is 4. The van der Waals surface area contributed by atoms with Crippen LogP contribution in [0, 0.1) is 51.0 Å². The summed E-state index contributed by atoms with van der Waals surface area (Å²) in [7, 11) is 4.05. The first-order valence-electron chi connectivity index (χ1n) is 44.2. The molecule has 0 radical (unpaired) electrons. The summed E-state index contributed by atoms with van der Waals surface area (Å²) in [6.45, 7) is 19.6. The molecule has 0 aliphatic rings. The first-order valence-corrected chi connectivity index (χ1v) is 46.1. The van der Waals surface area contributed by atoms with Crippen LogP contribution in [0.1, 0.15) is 151 Å². The van der Waals surface area contributed by atoms with E-state index in [4.69, 9.17) is 24.7 Å². The Morgan fingerprint density at radius 1 is 0.397 bits per heavy atom. The molecule has 0 atom stereocenters. The smallest absolute Gasteiger partial charge is 0.217 e. The van der Waals surface area contributed by atoms with Gasteiger partial charge in [0.25, 0.3) is 0 Å². The number of para-hydroxylation sites is 4. The lowest BCUT2D eigenvalue weighted by atomic mass is 10.1. The van der Waals surface area contributed by atoms with Gasteiger partial charge in [0.2, 0.25) is 15.9 Å². The number of nitrogens with zero attached hydrogens (tertiary/aromatic N) is 16. The molecule has 0 unspecified atom stereocenters. The molecule has 32 heteroatoms. The minimum Gasteiger partial charge on any atom is -0.490 e. The van der Waals surface area contributed by atoms with Crippen molar-refractivity contribution in [2.24, 2.45) is 33.9 Å². The number of sulfonamides is 1. The molecular formula is C99H115F4N19O8S. The number of carbonyl (C=O) groups is 1. The second-order valence-corrected chi connectivity index (χ2v) is 34.2. The average molecular weight is 1810 g/mol. The third-order valence-corrected chi connectivity index (χ3v) is 24.0. The molecule has 131 heavy (non-hydrogen) atoms. The molecule has 16 aromatic rings. The van der Waals surface area contributed by atoms with Crippen LogP contribution in [-0.2, 0) is 121 Å². The molecule has 12 heterocycles. The number of aliphatic hydroxyl groups is 1. The second-order valence-electron chi connectivity index (χ2n) is 32.3. The van der Waals surface area contributed by atoms with Gasteiger partial charge in [-0.3, -0.25) is 23.5 Å². The fourth-order valence-electron chi connectivity index (χ4n) is 16.2. The molecule has 0 saturated heterocycles. The molecule has 0 saturated carbocycles. The van der Waals surface area contributed by atoms with E-state index < -0.39 is 27.5 Å². The Morgan fingerprint density at radius 2 is 0.664 bits per heavy atom. The highest BCUT2D eigenvalue weighted by Crippen LogP contribution is 2.39. The van der Waals surface area contributed by atoms with Gasteiger partial charge in [0, 0.05) is 229 Å². The van der Waals surface area contributed by atoms with Gasteiger partial charge in [-0.1, -0.05) is 102 Å². The van der Waals surface area contributed by atoms with Crippen molar-refractivity contribution in [1.82, 2.24) is 86.7 Å². The van der Waals surface area contributed by atoms with Crippen molar-refractivity contribution < 1.29 is 54.8 Å². The number of benzene rings is 4. The Hall–Kier alpha value is -13.3. The summed E-state index contributed by atoms with van der Waals surface area (Å²) in [5.41, 5.74) is 30.7. The molecule has 1 amide bonds. The second kappa shape index (κ2) is 43.4. The normalized spacial score (nSPS) is 11.5. The number of carbonyl (C=O) groups excluding carboxylic acids is 1. The number of fused-ring (bicyclic) bond motifs is 4. The molecule has 0 aliphatic carbocycles. The third kappa shape index (κ3) is 22.4. The number of hydrogen-bond donors (Lipinski definition) is 4. The van der Waals surface area contributed by atoms with Crippen LogP contribution in [0.3, 0.4) is 0 Å². The van der Waals surface area contributed by atoms with Gasteiger partial charge in [-0.2, -0.15) is 20.4 Å². The van der Waals surface area contributed by atoms with Crippen molar-refractivity contribution in [2.45, 2.75) is 166 Å². The van der Waals surface area contributed by atoms with Gasteiger partial charge < -0.3 is 52.7 Å². The summed E-state index contributed by atoms with van der Waals surface area (Å²) < 4.78 is 124. The first kappa shape index (κ1) is 95.3. The zero-order valence-corrected chi connectivity index (χ0v) is 77.6. The van der Waals surface area contributed by atoms with Crippen molar-refractivity contribution in [3.05, 3.63) is 285 Å². The lowest BCUT2D eigenvalue weighted by Gasteiger charge is -2.14. The lowest BCUT2D eigenvalue weighted by Crippen LogP contribution is -2.22. The van der Waals surface area contributed by atoms with Gasteiger partial charge in [-0.05, 0) is 126 Å². The molecule has 0 spiro atoms. The Bertz CT molecular complexity index is 6630. The Morgan fingerprint density at radius 3 is 0.931 bits per heavy atom. The van der Waals surface area contributed by atoms with Crippen LogP contribution in [0.2, 0.25) is 0 Å². The maximum Gasteiger partial charge on any atom is 0.217 e. The van der Waals surface area contributed by atoms with Crippen molar-refractivity contribution in [3.8, 4) is 67.5 Å². The fourth-order valence-corrected chi connectivity index (χ4v) is 16.6. The van der Waals surface area contributed by atoms with Crippen LogP contribution in [0.5, 0.6) is 23.0 Å². The van der Waals surface area contributed by atoms with Crippen LogP contribution in [-0.4, -0.2) is 129 Å². The summed E-state index contributed by atoms with van der Waals surface area (Å²) >= 11 is 0. The lowest BCUT2D eigenvalue weighted by molar-refractivity contribution is -0.119. The number of aliphatic hydroxyl groups excluding tert-OH is 1. The van der Waals surface area contributed by atoms with Gasteiger partial charge in [0.15, 0.2) is 46.3 Å². The molecule has 12 aromatic heterocycles. The molecule has 4 aromatic carbocycles. The predicted molar refractivity (Wildman–Crippen MR) is 500 cm³/mol. The Labute approximate surface area is 760 Å². The molecule has 0 fully saturated rings. The Kier molecular flexibility index (Phi) is 31.6. The number of aryl methyl sites for hydroxylation is 8. The summed E-state index contributed by atoms with van der Waals surface area (Å²) in [6.07, 6.45) is 26.5. The van der Waals surface area contributed by atoms with Gasteiger partial charge in [-0.15, -0.1) is 0 Å². The topological polar surface area (TPSA) is 299 Å². The number of pyridine rings is 4. The van der Waals surface area contributed by atoms with Crippen LogP contribution >= 0.6 is 0 Å². The number of rotatable bonds is 35. The van der Waals surface area contributed by atoms with E-state index in [1.54, 1.807) is 45.4 Å². The number of nitrogens with one attached hydrogen (secondary N) is 2. The monoisotopic (exact) mass is 1810 g/mol. The number of imidazole rings is 4. The fraction of sp³-hybridized carbons (Fsp3) is 0.343. The SMILES string of the molecule is CCCc1cnc2ccc(-c3cccc(F)c3OCCc3c(CN)nn(C)c3C)cn12.CCCc1cnc2ccc(-c3cccc(F)c3OCCc3c(CNC(C)=O)nn(C)c3C)cn12.CCCc1cnc2ccc(-c3cccc(F)c3OCCc3c(CNS(C)(=O)=O)nn(C)c3C)cn12.CCCc1cnc2ccc(-c3cccc(F)c3OCCc3c(CO)nn(C)c3C)cn12. The molecule has 16 rings (SSSR count). The van der Waals surface area contributed by atoms with Crippen LogP contribution in [0.15, 0.2) is 171 Å². The molecule has 5 N–H and O–H groups in total. The molecular weight excluding hydrogens is 1690 g/mol. The average Bonchev–Trinajstić information content (AvgIpc) is 1.73. The highest BCUT2D eigenvalue weighted by Gasteiger charge is 2.24. The van der Waals surface area contributed by atoms with E-state index in [1.165, 1.54) is 31.2 Å². The number of amides is 1. The van der Waals surface area contributed by atoms with Gasteiger partial charge in [0.05, 0.1) is 75.2 Å². The van der Waals surface area contributed by atoms with Crippen molar-refractivity contribution in [1.29, 1.82) is 0 Å². The number of aromatic nitrogens is 16. The first-order chi connectivity index (χ1) is 63.1. The molecule has 27 nitrogen and oxygen atoms in total. The summed E-state index contributed by atoms with van der Waals surface area (Å²) in [5.74, 6) is -0.840. The quantitative estimate of drug-likeness (QED) is 0.0268. The number of hydrogen-bond acceptors (Lipinski definition) is 17. The highest BCUT2D eigenvalue weighted by atomic mass is 32.2. The van der Waals surface area contributed by atoms with Crippen LogP contribution in [0.25, 0.3) is 67.1 Å². The zero-order chi connectivity index (χ0) is 93.3. The van der Waals surface area contributed by atoms with E-state index in [-0.39, 0.29) is 67.7 Å². The molecule has 0 bridgehead atoms. The van der Waals surface area contributed by atoms with Gasteiger partial charge >= 0.3 is 0 Å². The van der Waals surface area contributed by atoms with Crippen molar-refractivity contribution in [2.75, 3.05) is 32.7 Å². The summed E-state index contributed by atoms with van der Waals surface area (Å²) in [6, 6.07) is 35.4. The molecule has 688 valence electrons. The Balaban J connectivity index is 0.000000149. The maximum atomic E-state index is 14.9. The van der Waals surface area contributed by atoms with Crippen molar-refractivity contribution >= 4 is 38.5 Å². The zero-order valence-electron chi connectivity index (χ0n) is 76.8. The maximum absolute atomic E-state index is 14.9. The summed E-state index contributed by atoms with van der Waals surface area (Å²) in [5, 5.41) is 30.0. The standard InChI is InChI=1S/C26H30FN5O2.C25H30FN5O3S.C24H28FN5O.C24H27FN4O2/c1-5-7-20-14-29-25-11-10-19(16-32(20)25)22-8-6-9-23(27)26(22)34-13-12-21-17(2)31(4)30-24(21)15-28-18(3)33;1-5-7-19-14-27-24-11-10-18(16-31(19)24)21-8-6-9-22(26)25(21)34-13-12-20-17(2)30(3)29-23(20)15-28-35(4,32)33;1-4-6-18-14-27-23-10-9-17(15-30(18)23)20-7-5-8-21(25)24(20)31-12-11-19-16(2)29(3)28-22(19)13-26;1-4-6-18-13-26-23-10-9-17(14-29(18)23)20-7-5-8-21(25)24(20)31-12-11-19-16(2)28(3)27-22(19)15-30/h6,8-11,14,16H,5,7,12-13,15H2,1-4H3,(H,28,33);6,8-11,14,16,28H,5,7,12-13,15H2,1-4H3;5,7-10,14-15H,4,6,11-13,26H2,1-3H3;5,7-10,13-14,30H,4,6,11-12,15H2,1-3H3. The highest BCUT2D eigenvalue weighted by molar-refractivity contribution is 7.88. The predicted octanol–water partition coefficient (Wildman–Crippen LogP) is 16.7. The largest absolute Gasteiger partial charge is 0.490 e. The minimum absolute atomic E-state index is 0.0891. The number of nitrogens with two attached hydrogens (primary N) is 1. The van der Waals surface area contributed by atoms with Crippen LogP contribution in [0.4, 0.5) is 17.6 Å². The molecule has 0 aliphatic heterocycles. The van der Waals surface area contributed by atoms with E-state index >= 15 is 0 Å². The van der Waals surface area contributed by atoms with E-state index in [0.29, 0.717) is 73.5 Å². The van der Waals surface area contributed by atoms with Gasteiger partial charge in [-0.25, -0.2) is 50.6 Å². The summed E-state index contributed by atoms with van der Waals surface area (Å²) in [4.78, 5) is 29.2.